The van der Waals surface area contributed by atoms with Gasteiger partial charge in [0.1, 0.15) is 19.0 Å². The van der Waals surface area contributed by atoms with Gasteiger partial charge >= 0.3 is 0 Å². The zero-order valence-electron chi connectivity index (χ0n) is 11.3. The normalized spacial score (nSPS) is 13.4. The molecule has 0 fully saturated rings. The Morgan fingerprint density at radius 2 is 1.67 bits per heavy atom. The molecule has 0 aliphatic rings. The Hall–Kier alpha value is -2.40. The third-order valence-corrected chi connectivity index (χ3v) is 3.17. The summed E-state index contributed by atoms with van der Waals surface area (Å²) < 4.78 is 17.2. The molecule has 0 aliphatic heterocycles. The molecule has 1 amide bonds. The fourth-order valence-electron chi connectivity index (χ4n) is 2.08. The second-order valence-corrected chi connectivity index (χ2v) is 4.50. The predicted octanol–water partition coefficient (Wildman–Crippen LogP) is 1.76. The molecule has 21 heavy (non-hydrogen) atoms. The number of ether oxygens (including phenoxy) is 1. The number of hydrogen-bond donors (Lipinski definition) is 2. The first kappa shape index (κ1) is 15.0. The van der Waals surface area contributed by atoms with Gasteiger partial charge in [0, 0.05) is 0 Å². The molecule has 0 aromatic heterocycles. The summed E-state index contributed by atoms with van der Waals surface area (Å²) in [6.07, 6.45) is 0. The van der Waals surface area contributed by atoms with Crippen LogP contribution in [0.25, 0.3) is 0 Å². The molecule has 0 aliphatic carbocycles. The molecule has 1 unspecified atom stereocenters. The van der Waals surface area contributed by atoms with E-state index in [2.05, 4.69) is 0 Å². The van der Waals surface area contributed by atoms with E-state index in [9.17, 15) is 14.3 Å². The van der Waals surface area contributed by atoms with E-state index in [1.165, 1.54) is 12.1 Å². The summed E-state index contributed by atoms with van der Waals surface area (Å²) in [4.78, 5) is 11.8. The maximum Gasteiger partial charge on any atom is 0.258 e. The first-order valence-corrected chi connectivity index (χ1v) is 6.46. The lowest BCUT2D eigenvalue weighted by Gasteiger charge is -2.25. The van der Waals surface area contributed by atoms with E-state index in [1.54, 1.807) is 42.5 Å². The molecule has 0 saturated carbocycles. The largest absolute Gasteiger partial charge is 0.491 e. The van der Waals surface area contributed by atoms with Crippen molar-refractivity contribution in [1.82, 2.24) is 0 Å². The third kappa shape index (κ3) is 3.03. The van der Waals surface area contributed by atoms with Crippen LogP contribution in [0.1, 0.15) is 11.1 Å². The van der Waals surface area contributed by atoms with Gasteiger partial charge in [0.25, 0.3) is 5.91 Å². The van der Waals surface area contributed by atoms with Crippen LogP contribution < -0.4 is 10.5 Å². The van der Waals surface area contributed by atoms with Crippen LogP contribution in [0.3, 0.4) is 0 Å². The van der Waals surface area contributed by atoms with Gasteiger partial charge in [-0.05, 0) is 23.3 Å². The van der Waals surface area contributed by atoms with E-state index in [-0.39, 0.29) is 6.61 Å². The van der Waals surface area contributed by atoms with Crippen molar-refractivity contribution in [3.63, 3.8) is 0 Å². The van der Waals surface area contributed by atoms with E-state index in [0.29, 0.717) is 16.9 Å². The number of carbonyl (C=O) groups excluding carboxylic acids is 1. The molecular formula is C16H16FNO3. The Morgan fingerprint density at radius 3 is 2.19 bits per heavy atom. The standard InChI is InChI=1S/C16H16FNO3/c17-10-11-21-14-8-6-13(7-9-14)16(20,15(18)19)12-4-2-1-3-5-12/h1-9,20H,10-11H2,(H2,18,19). The smallest absolute Gasteiger partial charge is 0.258 e. The average molecular weight is 289 g/mol. The Bertz CT molecular complexity index is 601. The summed E-state index contributed by atoms with van der Waals surface area (Å²) in [6, 6.07) is 14.6. The Morgan fingerprint density at radius 1 is 1.10 bits per heavy atom. The second kappa shape index (κ2) is 6.37. The average Bonchev–Trinajstić information content (AvgIpc) is 2.53. The van der Waals surface area contributed by atoms with Crippen LogP contribution in [-0.4, -0.2) is 24.3 Å². The number of rotatable bonds is 6. The van der Waals surface area contributed by atoms with E-state index < -0.39 is 18.2 Å². The number of aliphatic hydroxyl groups is 1. The van der Waals surface area contributed by atoms with Gasteiger partial charge in [0.05, 0.1) is 0 Å². The topological polar surface area (TPSA) is 72.6 Å². The quantitative estimate of drug-likeness (QED) is 0.851. The molecule has 2 aromatic rings. The van der Waals surface area contributed by atoms with Crippen molar-refractivity contribution in [2.24, 2.45) is 5.73 Å². The fourth-order valence-corrected chi connectivity index (χ4v) is 2.08. The highest BCUT2D eigenvalue weighted by Gasteiger charge is 2.37. The van der Waals surface area contributed by atoms with Gasteiger partial charge in [-0.3, -0.25) is 4.79 Å². The molecular weight excluding hydrogens is 273 g/mol. The molecule has 3 N–H and O–H groups in total. The molecule has 0 saturated heterocycles. The highest BCUT2D eigenvalue weighted by Crippen LogP contribution is 2.30. The molecule has 0 heterocycles. The summed E-state index contributed by atoms with van der Waals surface area (Å²) in [6.45, 7) is -0.630. The summed E-state index contributed by atoms with van der Waals surface area (Å²) in [7, 11) is 0. The third-order valence-electron chi connectivity index (χ3n) is 3.17. The summed E-state index contributed by atoms with van der Waals surface area (Å²) in [5.41, 5.74) is 4.18. The Balaban J connectivity index is 2.37. The van der Waals surface area contributed by atoms with Crippen LogP contribution in [0.2, 0.25) is 0 Å². The summed E-state index contributed by atoms with van der Waals surface area (Å²) in [5.74, 6) is -0.414. The number of nitrogens with two attached hydrogens (primary N) is 1. The second-order valence-electron chi connectivity index (χ2n) is 4.50. The van der Waals surface area contributed by atoms with Crippen LogP contribution in [-0.2, 0) is 10.4 Å². The van der Waals surface area contributed by atoms with E-state index >= 15 is 0 Å². The van der Waals surface area contributed by atoms with E-state index in [0.717, 1.165) is 0 Å². The van der Waals surface area contributed by atoms with Crippen LogP contribution >= 0.6 is 0 Å². The van der Waals surface area contributed by atoms with Gasteiger partial charge in [-0.1, -0.05) is 42.5 Å². The number of carbonyl (C=O) groups is 1. The van der Waals surface area contributed by atoms with Crippen molar-refractivity contribution in [3.05, 3.63) is 65.7 Å². The van der Waals surface area contributed by atoms with Crippen molar-refractivity contribution in [1.29, 1.82) is 0 Å². The number of hydrogen-bond acceptors (Lipinski definition) is 3. The van der Waals surface area contributed by atoms with Crippen molar-refractivity contribution >= 4 is 5.91 Å². The summed E-state index contributed by atoms with van der Waals surface area (Å²) >= 11 is 0. The lowest BCUT2D eigenvalue weighted by Crippen LogP contribution is -2.42. The maximum absolute atomic E-state index is 12.0. The van der Waals surface area contributed by atoms with Gasteiger partial charge in [0.2, 0.25) is 0 Å². The molecule has 1 atom stereocenters. The molecule has 2 rings (SSSR count). The number of primary amides is 1. The van der Waals surface area contributed by atoms with Crippen molar-refractivity contribution < 1.29 is 19.0 Å². The molecule has 0 bridgehead atoms. The van der Waals surface area contributed by atoms with Crippen molar-refractivity contribution in [2.75, 3.05) is 13.3 Å². The molecule has 0 spiro atoms. The van der Waals surface area contributed by atoms with Crippen LogP contribution in [0.4, 0.5) is 4.39 Å². The van der Waals surface area contributed by atoms with Crippen molar-refractivity contribution in [3.8, 4) is 5.75 Å². The van der Waals surface area contributed by atoms with Gasteiger partial charge in [-0.2, -0.15) is 0 Å². The minimum absolute atomic E-state index is 0.0435. The molecule has 2 aromatic carbocycles. The van der Waals surface area contributed by atoms with Crippen LogP contribution in [0, 0.1) is 0 Å². The SMILES string of the molecule is NC(=O)C(O)(c1ccccc1)c1ccc(OCCF)cc1. The van der Waals surface area contributed by atoms with Crippen molar-refractivity contribution in [2.45, 2.75) is 5.60 Å². The highest BCUT2D eigenvalue weighted by atomic mass is 19.1. The Kier molecular flexibility index (Phi) is 4.55. The summed E-state index contributed by atoms with van der Waals surface area (Å²) in [5, 5.41) is 10.7. The molecule has 0 radical (unpaired) electrons. The minimum atomic E-state index is -1.92. The lowest BCUT2D eigenvalue weighted by molar-refractivity contribution is -0.133. The van der Waals surface area contributed by atoms with E-state index in [1.807, 2.05) is 0 Å². The van der Waals surface area contributed by atoms with Gasteiger partial charge in [-0.25, -0.2) is 4.39 Å². The van der Waals surface area contributed by atoms with Crippen LogP contribution in [0.5, 0.6) is 5.75 Å². The number of amides is 1. The zero-order chi connectivity index (χ0) is 15.3. The molecule has 4 nitrogen and oxygen atoms in total. The highest BCUT2D eigenvalue weighted by molar-refractivity contribution is 5.88. The number of benzene rings is 2. The monoisotopic (exact) mass is 289 g/mol. The van der Waals surface area contributed by atoms with E-state index in [4.69, 9.17) is 10.5 Å². The van der Waals surface area contributed by atoms with Gasteiger partial charge < -0.3 is 15.6 Å². The maximum atomic E-state index is 12.0. The first-order chi connectivity index (χ1) is 10.1. The lowest BCUT2D eigenvalue weighted by atomic mass is 9.86. The van der Waals surface area contributed by atoms with Crippen LogP contribution in [0.15, 0.2) is 54.6 Å². The first-order valence-electron chi connectivity index (χ1n) is 6.46. The Labute approximate surface area is 122 Å². The number of halogens is 1. The van der Waals surface area contributed by atoms with Gasteiger partial charge in [-0.15, -0.1) is 0 Å². The molecule has 110 valence electrons. The number of alkyl halides is 1. The zero-order valence-corrected chi connectivity index (χ0v) is 11.3. The fraction of sp³-hybridized carbons (Fsp3) is 0.188. The molecule has 5 heteroatoms. The predicted molar refractivity (Wildman–Crippen MR) is 76.5 cm³/mol. The minimum Gasteiger partial charge on any atom is -0.491 e. The van der Waals surface area contributed by atoms with Gasteiger partial charge in [0.15, 0.2) is 5.60 Å².